The van der Waals surface area contributed by atoms with Crippen molar-refractivity contribution in [3.05, 3.63) is 120 Å². The number of amides is 2. The Morgan fingerprint density at radius 1 is 0.844 bits per heavy atom. The van der Waals surface area contributed by atoms with E-state index in [0.29, 0.717) is 18.7 Å². The standard InChI is InChI=1S/C34H36FN3O6S/c1-3-21-36-34(40)32(22-25-7-5-4-6-8-25)38(23-26-9-15-29(43-2)16-10-26)33(39)24-44-30-17-19-31(20-18-30)45(41,42)37-28-13-11-27(35)12-14-28/h4-20,32,37H,3,21-24H2,1-2H3,(H,36,40). The summed E-state index contributed by atoms with van der Waals surface area (Å²) in [5.41, 5.74) is 1.91. The summed E-state index contributed by atoms with van der Waals surface area (Å²) in [7, 11) is -2.37. The summed E-state index contributed by atoms with van der Waals surface area (Å²) in [6.45, 7) is 2.18. The topological polar surface area (TPSA) is 114 Å². The number of hydrogen-bond acceptors (Lipinski definition) is 6. The molecule has 0 radical (unpaired) electrons. The van der Waals surface area contributed by atoms with Crippen molar-refractivity contribution >= 4 is 27.5 Å². The van der Waals surface area contributed by atoms with Crippen LogP contribution < -0.4 is 19.5 Å². The third-order valence-corrected chi connectivity index (χ3v) is 8.32. The van der Waals surface area contributed by atoms with Gasteiger partial charge >= 0.3 is 0 Å². The first-order valence-corrected chi connectivity index (χ1v) is 15.9. The number of ether oxygens (including phenoxy) is 2. The molecule has 0 spiro atoms. The molecule has 2 amide bonds. The van der Waals surface area contributed by atoms with E-state index in [-0.39, 0.29) is 35.4 Å². The average molecular weight is 634 g/mol. The predicted molar refractivity (Wildman–Crippen MR) is 170 cm³/mol. The quantitative estimate of drug-likeness (QED) is 0.187. The second-order valence-corrected chi connectivity index (χ2v) is 11.9. The fourth-order valence-corrected chi connectivity index (χ4v) is 5.58. The molecule has 4 aromatic carbocycles. The maximum absolute atomic E-state index is 13.8. The minimum atomic E-state index is -3.94. The van der Waals surface area contributed by atoms with Crippen LogP contribution in [0.3, 0.4) is 0 Å². The molecule has 1 unspecified atom stereocenters. The lowest BCUT2D eigenvalue weighted by atomic mass is 10.0. The van der Waals surface area contributed by atoms with E-state index in [1.807, 2.05) is 49.4 Å². The molecule has 9 nitrogen and oxygen atoms in total. The largest absolute Gasteiger partial charge is 0.497 e. The van der Waals surface area contributed by atoms with Crippen molar-refractivity contribution in [2.75, 3.05) is 25.0 Å². The molecule has 0 aliphatic rings. The lowest BCUT2D eigenvalue weighted by Gasteiger charge is -2.31. The number of hydrogen-bond donors (Lipinski definition) is 2. The number of nitrogens with one attached hydrogen (secondary N) is 2. The van der Waals surface area contributed by atoms with Gasteiger partial charge in [0.25, 0.3) is 15.9 Å². The molecule has 0 saturated carbocycles. The summed E-state index contributed by atoms with van der Waals surface area (Å²) in [6.07, 6.45) is 1.04. The molecule has 1 atom stereocenters. The number of sulfonamides is 1. The van der Waals surface area contributed by atoms with Gasteiger partial charge < -0.3 is 19.7 Å². The predicted octanol–water partition coefficient (Wildman–Crippen LogP) is 5.18. The number of carbonyl (C=O) groups is 2. The Labute approximate surface area is 263 Å². The number of anilines is 1. The Balaban J connectivity index is 1.52. The highest BCUT2D eigenvalue weighted by Crippen LogP contribution is 2.21. The SMILES string of the molecule is CCCNC(=O)C(Cc1ccccc1)N(Cc1ccc(OC)cc1)C(=O)COc1ccc(S(=O)(=O)Nc2ccc(F)cc2)cc1. The van der Waals surface area contributed by atoms with E-state index in [9.17, 15) is 22.4 Å². The van der Waals surface area contributed by atoms with E-state index >= 15 is 0 Å². The molecule has 45 heavy (non-hydrogen) atoms. The lowest BCUT2D eigenvalue weighted by Crippen LogP contribution is -2.51. The van der Waals surface area contributed by atoms with E-state index < -0.39 is 27.8 Å². The van der Waals surface area contributed by atoms with Gasteiger partial charge in [0.15, 0.2) is 6.61 Å². The van der Waals surface area contributed by atoms with E-state index in [0.717, 1.165) is 29.7 Å². The Kier molecular flexibility index (Phi) is 11.5. The summed E-state index contributed by atoms with van der Waals surface area (Å²) in [4.78, 5) is 28.7. The second kappa shape index (κ2) is 15.7. The molecule has 0 saturated heterocycles. The zero-order valence-corrected chi connectivity index (χ0v) is 25.9. The molecule has 11 heteroatoms. The van der Waals surface area contributed by atoms with Crippen LogP contribution in [-0.2, 0) is 32.6 Å². The normalized spacial score (nSPS) is 11.7. The van der Waals surface area contributed by atoms with Crippen LogP contribution >= 0.6 is 0 Å². The zero-order valence-electron chi connectivity index (χ0n) is 25.1. The third-order valence-electron chi connectivity index (χ3n) is 6.93. The van der Waals surface area contributed by atoms with E-state index in [1.54, 1.807) is 19.2 Å². The molecule has 2 N–H and O–H groups in total. The van der Waals surface area contributed by atoms with Crippen molar-refractivity contribution in [3.8, 4) is 11.5 Å². The molecule has 0 aromatic heterocycles. The van der Waals surface area contributed by atoms with Gasteiger partial charge in [-0.2, -0.15) is 0 Å². The highest BCUT2D eigenvalue weighted by atomic mass is 32.2. The summed E-state index contributed by atoms with van der Waals surface area (Å²) < 4.78 is 52.2. The molecule has 0 aliphatic carbocycles. The van der Waals surface area contributed by atoms with Gasteiger partial charge in [-0.3, -0.25) is 14.3 Å². The molecule has 0 aliphatic heterocycles. The van der Waals surface area contributed by atoms with Gasteiger partial charge in [-0.15, -0.1) is 0 Å². The molecule has 4 rings (SSSR count). The first kappa shape index (κ1) is 33.0. The maximum Gasteiger partial charge on any atom is 0.261 e. The number of halogens is 1. The van der Waals surface area contributed by atoms with Gasteiger partial charge in [-0.1, -0.05) is 49.4 Å². The number of nitrogens with zero attached hydrogens (tertiary/aromatic N) is 1. The van der Waals surface area contributed by atoms with Crippen molar-refractivity contribution in [2.45, 2.75) is 37.2 Å². The fraction of sp³-hybridized carbons (Fsp3) is 0.235. The van der Waals surface area contributed by atoms with Crippen LogP contribution in [0.1, 0.15) is 24.5 Å². The van der Waals surface area contributed by atoms with Crippen molar-refractivity contribution in [3.63, 3.8) is 0 Å². The van der Waals surface area contributed by atoms with Crippen LogP contribution in [0.15, 0.2) is 108 Å². The van der Waals surface area contributed by atoms with Gasteiger partial charge in [0.05, 0.1) is 12.0 Å². The second-order valence-electron chi connectivity index (χ2n) is 10.2. The summed E-state index contributed by atoms with van der Waals surface area (Å²) in [5, 5.41) is 2.93. The highest BCUT2D eigenvalue weighted by Gasteiger charge is 2.30. The summed E-state index contributed by atoms with van der Waals surface area (Å²) >= 11 is 0. The van der Waals surface area contributed by atoms with Gasteiger partial charge in [0, 0.05) is 25.2 Å². The average Bonchev–Trinajstić information content (AvgIpc) is 3.06. The number of rotatable bonds is 15. The smallest absolute Gasteiger partial charge is 0.261 e. The summed E-state index contributed by atoms with van der Waals surface area (Å²) in [6, 6.07) is 26.4. The molecular weight excluding hydrogens is 597 g/mol. The van der Waals surface area contributed by atoms with Crippen LogP contribution in [0.2, 0.25) is 0 Å². The van der Waals surface area contributed by atoms with Gasteiger partial charge in [-0.05, 0) is 78.2 Å². The molecule has 0 fully saturated rings. The van der Waals surface area contributed by atoms with Gasteiger partial charge in [-0.25, -0.2) is 12.8 Å². The minimum Gasteiger partial charge on any atom is -0.497 e. The zero-order chi connectivity index (χ0) is 32.2. The lowest BCUT2D eigenvalue weighted by molar-refractivity contribution is -0.142. The van der Waals surface area contributed by atoms with Crippen LogP contribution in [0.5, 0.6) is 11.5 Å². The highest BCUT2D eigenvalue weighted by molar-refractivity contribution is 7.92. The van der Waals surface area contributed by atoms with Crippen molar-refractivity contribution in [2.24, 2.45) is 0 Å². The van der Waals surface area contributed by atoms with Crippen LogP contribution in [0, 0.1) is 5.82 Å². The Bertz CT molecular complexity index is 1650. The number of carbonyl (C=O) groups excluding carboxylic acids is 2. The first-order chi connectivity index (χ1) is 21.7. The van der Waals surface area contributed by atoms with E-state index in [1.165, 1.54) is 41.3 Å². The number of methoxy groups -OCH3 is 1. The molecule has 236 valence electrons. The van der Waals surface area contributed by atoms with Crippen LogP contribution in [0.25, 0.3) is 0 Å². The molecule has 0 bridgehead atoms. The first-order valence-electron chi connectivity index (χ1n) is 14.4. The van der Waals surface area contributed by atoms with Gasteiger partial charge in [0.2, 0.25) is 5.91 Å². The Hall–Kier alpha value is -4.90. The van der Waals surface area contributed by atoms with Gasteiger partial charge in [0.1, 0.15) is 23.4 Å². The maximum atomic E-state index is 13.8. The van der Waals surface area contributed by atoms with E-state index in [4.69, 9.17) is 9.47 Å². The fourth-order valence-electron chi connectivity index (χ4n) is 4.52. The monoisotopic (exact) mass is 633 g/mol. The molecular formula is C34H36FN3O6S. The third kappa shape index (κ3) is 9.54. The van der Waals surface area contributed by atoms with Crippen LogP contribution in [-0.4, -0.2) is 51.4 Å². The van der Waals surface area contributed by atoms with Crippen molar-refractivity contribution in [1.29, 1.82) is 0 Å². The Morgan fingerprint density at radius 2 is 1.49 bits per heavy atom. The Morgan fingerprint density at radius 3 is 2.11 bits per heavy atom. The van der Waals surface area contributed by atoms with Crippen molar-refractivity contribution in [1.82, 2.24) is 10.2 Å². The van der Waals surface area contributed by atoms with Crippen molar-refractivity contribution < 1.29 is 31.9 Å². The van der Waals surface area contributed by atoms with Crippen LogP contribution in [0.4, 0.5) is 10.1 Å². The molecule has 0 heterocycles. The summed E-state index contributed by atoms with van der Waals surface area (Å²) in [5.74, 6) is -0.244. The molecule has 4 aromatic rings. The minimum absolute atomic E-state index is 0.0397. The van der Waals surface area contributed by atoms with E-state index in [2.05, 4.69) is 10.0 Å². The number of benzene rings is 4.